The van der Waals surface area contributed by atoms with E-state index in [-0.39, 0.29) is 6.42 Å². The van der Waals surface area contributed by atoms with Crippen LogP contribution in [-0.4, -0.2) is 16.1 Å². The van der Waals surface area contributed by atoms with Crippen molar-refractivity contribution in [2.75, 3.05) is 0 Å². The second kappa shape index (κ2) is 5.23. The van der Waals surface area contributed by atoms with Crippen molar-refractivity contribution in [1.29, 1.82) is 5.26 Å². The van der Waals surface area contributed by atoms with Gasteiger partial charge in [0.2, 0.25) is 0 Å². The minimum absolute atomic E-state index is 0.150. The van der Waals surface area contributed by atoms with E-state index in [2.05, 4.69) is 27.0 Å². The van der Waals surface area contributed by atoms with Gasteiger partial charge in [0.15, 0.2) is 0 Å². The molecule has 0 saturated carbocycles. The van der Waals surface area contributed by atoms with Gasteiger partial charge in [0.1, 0.15) is 0 Å². The lowest BCUT2D eigenvalue weighted by atomic mass is 10.1. The first-order valence-electron chi connectivity index (χ1n) is 5.54. The van der Waals surface area contributed by atoms with Gasteiger partial charge in [-0.2, -0.15) is 5.26 Å². The first-order chi connectivity index (χ1) is 8.61. The Kier molecular flexibility index (Phi) is 3.68. The topological polar surface area (TPSA) is 76.9 Å². The number of aromatic amines is 1. The Morgan fingerprint density at radius 1 is 1.50 bits per heavy atom. The zero-order valence-electron chi connectivity index (χ0n) is 9.53. The molecule has 0 atom stereocenters. The van der Waals surface area contributed by atoms with Gasteiger partial charge >= 0.3 is 5.97 Å². The van der Waals surface area contributed by atoms with Crippen LogP contribution in [0.25, 0.3) is 10.9 Å². The summed E-state index contributed by atoms with van der Waals surface area (Å²) in [5.41, 5.74) is 2.59. The number of hydrogen-bond donors (Lipinski definition) is 2. The maximum atomic E-state index is 10.5. The van der Waals surface area contributed by atoms with Crippen LogP contribution in [0.15, 0.2) is 22.8 Å². The molecule has 0 aliphatic rings. The van der Waals surface area contributed by atoms with E-state index in [0.717, 1.165) is 21.1 Å². The van der Waals surface area contributed by atoms with Gasteiger partial charge in [-0.25, -0.2) is 0 Å². The maximum absolute atomic E-state index is 10.5. The summed E-state index contributed by atoms with van der Waals surface area (Å²) in [7, 11) is 0. The molecule has 0 aliphatic heterocycles. The number of halogens is 1. The number of carboxylic acids is 1. The van der Waals surface area contributed by atoms with Crippen molar-refractivity contribution in [2.45, 2.75) is 19.3 Å². The van der Waals surface area contributed by atoms with Crippen LogP contribution in [0.2, 0.25) is 0 Å². The molecule has 2 aromatic rings. The average molecular weight is 307 g/mol. The number of nitrogens with zero attached hydrogens (tertiary/aromatic N) is 1. The van der Waals surface area contributed by atoms with Crippen molar-refractivity contribution >= 4 is 32.8 Å². The molecule has 0 saturated heterocycles. The van der Waals surface area contributed by atoms with Crippen molar-refractivity contribution in [3.8, 4) is 6.07 Å². The van der Waals surface area contributed by atoms with Crippen LogP contribution in [0.1, 0.15) is 24.0 Å². The van der Waals surface area contributed by atoms with Crippen molar-refractivity contribution < 1.29 is 9.90 Å². The SMILES string of the molecule is N#Cc1ccc2[nH]c(Br)c(CCCC(=O)O)c2c1. The minimum Gasteiger partial charge on any atom is -0.481 e. The summed E-state index contributed by atoms with van der Waals surface area (Å²) in [6.45, 7) is 0. The first kappa shape index (κ1) is 12.7. The van der Waals surface area contributed by atoms with E-state index >= 15 is 0 Å². The third-order valence-corrected chi connectivity index (χ3v) is 3.48. The summed E-state index contributed by atoms with van der Waals surface area (Å²) >= 11 is 3.44. The normalized spacial score (nSPS) is 10.4. The summed E-state index contributed by atoms with van der Waals surface area (Å²) in [6, 6.07) is 7.55. The summed E-state index contributed by atoms with van der Waals surface area (Å²) in [6.07, 6.45) is 1.40. The third-order valence-electron chi connectivity index (χ3n) is 2.80. The molecule has 4 nitrogen and oxygen atoms in total. The molecular weight excluding hydrogens is 296 g/mol. The standard InChI is InChI=1S/C13H11BrN2O2/c14-13-9(2-1-3-12(17)18)10-6-8(7-15)4-5-11(10)16-13/h4-6,16H,1-3H2,(H,17,18). The molecule has 0 spiro atoms. The van der Waals surface area contributed by atoms with Crippen LogP contribution in [0.3, 0.4) is 0 Å². The average Bonchev–Trinajstić information content (AvgIpc) is 2.64. The Bertz CT molecular complexity index is 640. The number of fused-ring (bicyclic) bond motifs is 1. The lowest BCUT2D eigenvalue weighted by Gasteiger charge is -1.99. The molecule has 18 heavy (non-hydrogen) atoms. The van der Waals surface area contributed by atoms with E-state index in [9.17, 15) is 4.79 Å². The largest absolute Gasteiger partial charge is 0.481 e. The molecule has 2 N–H and O–H groups in total. The van der Waals surface area contributed by atoms with Crippen LogP contribution in [0.5, 0.6) is 0 Å². The molecular formula is C13H11BrN2O2. The number of rotatable bonds is 4. The minimum atomic E-state index is -0.788. The molecule has 0 amide bonds. The Hall–Kier alpha value is -1.80. The summed E-state index contributed by atoms with van der Waals surface area (Å²) in [5.74, 6) is -0.788. The predicted molar refractivity (Wildman–Crippen MR) is 71.3 cm³/mol. The zero-order valence-corrected chi connectivity index (χ0v) is 11.1. The molecule has 1 aromatic carbocycles. The van der Waals surface area contributed by atoms with E-state index in [0.29, 0.717) is 18.4 Å². The van der Waals surface area contributed by atoms with Crippen LogP contribution in [0, 0.1) is 11.3 Å². The fourth-order valence-electron chi connectivity index (χ4n) is 1.95. The fraction of sp³-hybridized carbons (Fsp3) is 0.231. The summed E-state index contributed by atoms with van der Waals surface area (Å²) < 4.78 is 0.859. The quantitative estimate of drug-likeness (QED) is 0.910. The second-order valence-corrected chi connectivity index (χ2v) is 4.83. The molecule has 5 heteroatoms. The van der Waals surface area contributed by atoms with Crippen LogP contribution in [-0.2, 0) is 11.2 Å². The Morgan fingerprint density at radius 3 is 2.94 bits per heavy atom. The van der Waals surface area contributed by atoms with Gasteiger partial charge in [0.25, 0.3) is 0 Å². The lowest BCUT2D eigenvalue weighted by Crippen LogP contribution is -1.95. The number of aromatic nitrogens is 1. The lowest BCUT2D eigenvalue weighted by molar-refractivity contribution is -0.137. The van der Waals surface area contributed by atoms with Gasteiger partial charge in [-0.1, -0.05) is 0 Å². The molecule has 0 fully saturated rings. The molecule has 2 rings (SSSR count). The molecule has 1 heterocycles. The highest BCUT2D eigenvalue weighted by Gasteiger charge is 2.10. The van der Waals surface area contributed by atoms with Crippen LogP contribution < -0.4 is 0 Å². The second-order valence-electron chi connectivity index (χ2n) is 4.04. The summed E-state index contributed by atoms with van der Waals surface area (Å²) in [5, 5.41) is 18.5. The number of H-pyrrole nitrogens is 1. The number of hydrogen-bond acceptors (Lipinski definition) is 2. The highest BCUT2D eigenvalue weighted by atomic mass is 79.9. The fourth-order valence-corrected chi connectivity index (χ4v) is 2.57. The Morgan fingerprint density at radius 2 is 2.28 bits per heavy atom. The third kappa shape index (κ3) is 2.54. The van der Waals surface area contributed by atoms with Crippen molar-refractivity contribution in [1.82, 2.24) is 4.98 Å². The number of carboxylic acid groups (broad SMARTS) is 1. The van der Waals surface area contributed by atoms with Crippen molar-refractivity contribution in [2.24, 2.45) is 0 Å². The van der Waals surface area contributed by atoms with Crippen LogP contribution >= 0.6 is 15.9 Å². The van der Waals surface area contributed by atoms with Gasteiger partial charge in [0, 0.05) is 17.3 Å². The molecule has 0 bridgehead atoms. The van der Waals surface area contributed by atoms with Crippen molar-refractivity contribution in [3.63, 3.8) is 0 Å². The van der Waals surface area contributed by atoms with Crippen LogP contribution in [0.4, 0.5) is 0 Å². The molecule has 92 valence electrons. The number of nitriles is 1. The molecule has 0 aliphatic carbocycles. The first-order valence-corrected chi connectivity index (χ1v) is 6.33. The summed E-state index contributed by atoms with van der Waals surface area (Å²) in [4.78, 5) is 13.7. The smallest absolute Gasteiger partial charge is 0.303 e. The molecule has 0 unspecified atom stereocenters. The number of carbonyl (C=O) groups is 1. The number of aryl methyl sites for hydroxylation is 1. The van der Waals surface area contributed by atoms with E-state index < -0.39 is 5.97 Å². The molecule has 1 aromatic heterocycles. The molecule has 0 radical (unpaired) electrons. The maximum Gasteiger partial charge on any atom is 0.303 e. The highest BCUT2D eigenvalue weighted by Crippen LogP contribution is 2.28. The predicted octanol–water partition coefficient (Wildman–Crippen LogP) is 3.21. The van der Waals surface area contributed by atoms with E-state index in [4.69, 9.17) is 10.4 Å². The van der Waals surface area contributed by atoms with Gasteiger partial charge in [-0.05, 0) is 52.5 Å². The Labute approximate surface area is 112 Å². The zero-order chi connectivity index (χ0) is 13.1. The van der Waals surface area contributed by atoms with Crippen molar-refractivity contribution in [3.05, 3.63) is 33.9 Å². The number of benzene rings is 1. The number of nitrogens with one attached hydrogen (secondary N) is 1. The van der Waals surface area contributed by atoms with Gasteiger partial charge in [-0.3, -0.25) is 4.79 Å². The van der Waals surface area contributed by atoms with E-state index in [1.807, 2.05) is 12.1 Å². The van der Waals surface area contributed by atoms with E-state index in [1.165, 1.54) is 0 Å². The van der Waals surface area contributed by atoms with Gasteiger partial charge < -0.3 is 10.1 Å². The van der Waals surface area contributed by atoms with E-state index in [1.54, 1.807) is 6.07 Å². The Balaban J connectivity index is 2.33. The number of aliphatic carboxylic acids is 1. The van der Waals surface area contributed by atoms with Gasteiger partial charge in [0.05, 0.1) is 16.2 Å². The highest BCUT2D eigenvalue weighted by molar-refractivity contribution is 9.10. The van der Waals surface area contributed by atoms with Gasteiger partial charge in [-0.15, -0.1) is 0 Å². The monoisotopic (exact) mass is 306 g/mol.